The van der Waals surface area contributed by atoms with Crippen molar-refractivity contribution in [3.05, 3.63) is 43.3 Å². The summed E-state index contributed by atoms with van der Waals surface area (Å²) in [6, 6.07) is 2.97. The Morgan fingerprint density at radius 2 is 2.21 bits per heavy atom. The van der Waals surface area contributed by atoms with Gasteiger partial charge >= 0.3 is 11.8 Å². The Bertz CT molecular complexity index is 603. The van der Waals surface area contributed by atoms with Gasteiger partial charge in [-0.2, -0.15) is 4.68 Å². The number of rotatable bonds is 4. The zero-order valence-corrected chi connectivity index (χ0v) is 11.1. The van der Waals surface area contributed by atoms with E-state index in [1.165, 1.54) is 22.1 Å². The number of thiophene rings is 1. The molecular weight excluding hydrogens is 270 g/mol. The lowest BCUT2D eigenvalue weighted by atomic mass is 10.2. The van der Waals surface area contributed by atoms with Crippen molar-refractivity contribution in [2.24, 2.45) is 0 Å². The van der Waals surface area contributed by atoms with Crippen molar-refractivity contribution in [1.29, 1.82) is 0 Å². The molecule has 7 nitrogen and oxygen atoms in total. The quantitative estimate of drug-likeness (QED) is 0.684. The Hall–Kier alpha value is -2.22. The summed E-state index contributed by atoms with van der Waals surface area (Å²) in [4.78, 5) is 22.1. The molecule has 100 valence electrons. The molecule has 0 aliphatic carbocycles. The highest BCUT2D eigenvalue weighted by Gasteiger charge is 2.18. The summed E-state index contributed by atoms with van der Waals surface area (Å²) in [5.41, 5.74) is 1.47. The number of aryl methyl sites for hydroxylation is 2. The first-order valence-corrected chi connectivity index (χ1v) is 6.21. The lowest BCUT2D eigenvalue weighted by molar-refractivity contribution is -0.389. The summed E-state index contributed by atoms with van der Waals surface area (Å²) in [6.45, 7) is 3.87. The Balaban J connectivity index is 2.30. The topological polar surface area (TPSA) is 98.3 Å². The van der Waals surface area contributed by atoms with Crippen LogP contribution >= 0.6 is 11.3 Å². The number of hydrogen-bond donors (Lipinski definition) is 1. The van der Waals surface area contributed by atoms with Crippen LogP contribution in [0.5, 0.6) is 0 Å². The monoisotopic (exact) mass is 281 g/mol. The van der Waals surface area contributed by atoms with Gasteiger partial charge in [0.1, 0.15) is 4.88 Å². The number of hydrogen-bond acceptors (Lipinski definition) is 5. The van der Waals surface area contributed by atoms with E-state index in [-0.39, 0.29) is 10.7 Å². The zero-order chi connectivity index (χ0) is 14.2. The van der Waals surface area contributed by atoms with Crippen molar-refractivity contribution in [2.45, 2.75) is 20.4 Å². The van der Waals surface area contributed by atoms with Crippen molar-refractivity contribution in [3.63, 3.8) is 0 Å². The molecule has 0 unspecified atom stereocenters. The summed E-state index contributed by atoms with van der Waals surface area (Å²) in [6.07, 6.45) is 0. The molecule has 2 aromatic heterocycles. The number of carbonyl (C=O) groups is 1. The molecule has 0 aliphatic heterocycles. The van der Waals surface area contributed by atoms with Gasteiger partial charge < -0.3 is 15.2 Å². The molecule has 0 aliphatic rings. The fraction of sp³-hybridized carbons (Fsp3) is 0.273. The smallest absolute Gasteiger partial charge is 0.390 e. The van der Waals surface area contributed by atoms with Crippen LogP contribution in [0, 0.1) is 24.0 Å². The highest BCUT2D eigenvalue weighted by molar-refractivity contribution is 7.14. The van der Waals surface area contributed by atoms with Crippen LogP contribution in [0.1, 0.15) is 25.8 Å². The first kappa shape index (κ1) is 13.2. The van der Waals surface area contributed by atoms with Gasteiger partial charge in [0.2, 0.25) is 0 Å². The molecule has 0 bridgehead atoms. The maximum absolute atomic E-state index is 10.9. The van der Waals surface area contributed by atoms with Gasteiger partial charge in [-0.1, -0.05) is 0 Å². The van der Waals surface area contributed by atoms with Gasteiger partial charge in [-0.15, -0.1) is 11.3 Å². The lowest BCUT2D eigenvalue weighted by Crippen LogP contribution is -2.04. The summed E-state index contributed by atoms with van der Waals surface area (Å²) < 4.78 is 1.50. The molecule has 8 heteroatoms. The maximum Gasteiger partial charge on any atom is 0.390 e. The van der Waals surface area contributed by atoms with Crippen molar-refractivity contribution in [2.75, 3.05) is 0 Å². The number of nitrogens with zero attached hydrogens (tertiary/aromatic N) is 3. The average Bonchev–Trinajstić information content (AvgIpc) is 2.85. The van der Waals surface area contributed by atoms with Crippen LogP contribution in [-0.4, -0.2) is 25.8 Å². The Morgan fingerprint density at radius 3 is 2.68 bits per heavy atom. The van der Waals surface area contributed by atoms with Crippen LogP contribution in [0.15, 0.2) is 12.1 Å². The van der Waals surface area contributed by atoms with E-state index in [9.17, 15) is 14.9 Å². The molecule has 19 heavy (non-hydrogen) atoms. The van der Waals surface area contributed by atoms with Crippen LogP contribution < -0.4 is 0 Å². The second-order valence-corrected chi connectivity index (χ2v) is 5.31. The van der Waals surface area contributed by atoms with E-state index < -0.39 is 10.9 Å². The standard InChI is InChI=1S/C11H11N3O4S/c1-6-3-10(14(17)18)12-13(6)5-8-4-9(11(15)16)19-7(8)2/h3-4H,5H2,1-2H3,(H,15,16). The van der Waals surface area contributed by atoms with Crippen LogP contribution in [0.25, 0.3) is 0 Å². The van der Waals surface area contributed by atoms with Gasteiger partial charge in [-0.25, -0.2) is 4.79 Å². The fourth-order valence-corrected chi connectivity index (χ4v) is 2.56. The van der Waals surface area contributed by atoms with Crippen LogP contribution in [0.2, 0.25) is 0 Å². The van der Waals surface area contributed by atoms with Gasteiger partial charge in [0, 0.05) is 4.88 Å². The number of carboxylic acids is 1. The van der Waals surface area contributed by atoms with Gasteiger partial charge in [0.25, 0.3) is 0 Å². The number of nitro groups is 1. The van der Waals surface area contributed by atoms with E-state index in [4.69, 9.17) is 5.11 Å². The largest absolute Gasteiger partial charge is 0.477 e. The highest BCUT2D eigenvalue weighted by Crippen LogP contribution is 2.23. The lowest BCUT2D eigenvalue weighted by Gasteiger charge is -1.98. The predicted octanol–water partition coefficient (Wildman–Crippen LogP) is 2.22. The van der Waals surface area contributed by atoms with Gasteiger partial charge in [-0.3, -0.25) is 0 Å². The van der Waals surface area contributed by atoms with Crippen molar-refractivity contribution in [1.82, 2.24) is 9.78 Å². The van der Waals surface area contributed by atoms with E-state index in [0.717, 1.165) is 10.4 Å². The molecule has 0 radical (unpaired) electrons. The number of aromatic carboxylic acids is 1. The third-order valence-corrected chi connectivity index (χ3v) is 3.79. The van der Waals surface area contributed by atoms with Crippen LogP contribution in [-0.2, 0) is 6.54 Å². The zero-order valence-electron chi connectivity index (χ0n) is 10.3. The number of carboxylic acid groups (broad SMARTS) is 1. The molecular formula is C11H11N3O4S. The SMILES string of the molecule is Cc1sc(C(=O)O)cc1Cn1nc([N+](=O)[O-])cc1C. The molecule has 0 spiro atoms. The molecule has 0 saturated heterocycles. The molecule has 1 N–H and O–H groups in total. The first-order chi connectivity index (χ1) is 8.88. The normalized spacial score (nSPS) is 10.6. The van der Waals surface area contributed by atoms with E-state index in [1.807, 2.05) is 6.92 Å². The third kappa shape index (κ3) is 2.63. The molecule has 0 saturated carbocycles. The molecule has 0 aromatic carbocycles. The third-order valence-electron chi connectivity index (χ3n) is 2.71. The fourth-order valence-electron chi connectivity index (χ4n) is 1.69. The first-order valence-electron chi connectivity index (χ1n) is 5.40. The molecule has 0 atom stereocenters. The number of aromatic nitrogens is 2. The van der Waals surface area contributed by atoms with Crippen molar-refractivity contribution >= 4 is 23.1 Å². The molecule has 2 rings (SSSR count). The van der Waals surface area contributed by atoms with Gasteiger partial charge in [0.15, 0.2) is 0 Å². The van der Waals surface area contributed by atoms with E-state index in [2.05, 4.69) is 5.10 Å². The molecule has 0 amide bonds. The van der Waals surface area contributed by atoms with E-state index in [1.54, 1.807) is 13.0 Å². The van der Waals surface area contributed by atoms with Crippen LogP contribution in [0.3, 0.4) is 0 Å². The Kier molecular flexibility index (Phi) is 3.34. The second kappa shape index (κ2) is 4.81. The Morgan fingerprint density at radius 1 is 1.53 bits per heavy atom. The van der Waals surface area contributed by atoms with Crippen molar-refractivity contribution in [3.8, 4) is 0 Å². The maximum atomic E-state index is 10.9. The average molecular weight is 281 g/mol. The molecule has 2 aromatic rings. The summed E-state index contributed by atoms with van der Waals surface area (Å²) >= 11 is 1.19. The van der Waals surface area contributed by atoms with Gasteiger partial charge in [0.05, 0.1) is 23.4 Å². The van der Waals surface area contributed by atoms with Gasteiger partial charge in [-0.05, 0) is 30.4 Å². The van der Waals surface area contributed by atoms with E-state index >= 15 is 0 Å². The Labute approximate surface area is 112 Å². The van der Waals surface area contributed by atoms with E-state index in [0.29, 0.717) is 12.2 Å². The highest BCUT2D eigenvalue weighted by atomic mass is 32.1. The minimum Gasteiger partial charge on any atom is -0.477 e. The predicted molar refractivity (Wildman–Crippen MR) is 68.7 cm³/mol. The van der Waals surface area contributed by atoms with Crippen LogP contribution in [0.4, 0.5) is 5.82 Å². The van der Waals surface area contributed by atoms with Crippen molar-refractivity contribution < 1.29 is 14.8 Å². The molecule has 2 heterocycles. The minimum atomic E-state index is -0.970. The second-order valence-electron chi connectivity index (χ2n) is 4.06. The minimum absolute atomic E-state index is 0.205. The summed E-state index contributed by atoms with van der Waals surface area (Å²) in [7, 11) is 0. The molecule has 0 fully saturated rings. The summed E-state index contributed by atoms with van der Waals surface area (Å²) in [5.74, 6) is -1.17. The summed E-state index contributed by atoms with van der Waals surface area (Å²) in [5, 5.41) is 23.4.